The number of nitrogens with one attached hydrogen (secondary N) is 1. The summed E-state index contributed by atoms with van der Waals surface area (Å²) in [5.74, 6) is 0.741. The molecule has 13 heavy (non-hydrogen) atoms. The summed E-state index contributed by atoms with van der Waals surface area (Å²) >= 11 is -0.902. The molecule has 0 aliphatic rings. The molecule has 0 fully saturated rings. The summed E-state index contributed by atoms with van der Waals surface area (Å²) in [5, 5.41) is 0. The molecule has 0 amide bonds. The molecule has 0 rings (SSSR count). The zero-order chi connectivity index (χ0) is 10.5. The summed E-state index contributed by atoms with van der Waals surface area (Å²) in [6.07, 6.45) is 2.31. The monoisotopic (exact) mass is 205 g/mol. The lowest BCUT2D eigenvalue weighted by molar-refractivity contribution is 0.523. The van der Waals surface area contributed by atoms with Gasteiger partial charge >= 0.3 is 0 Å². The molecule has 0 aliphatic heterocycles. The van der Waals surface area contributed by atoms with Crippen LogP contribution in [0.4, 0.5) is 0 Å². The first kappa shape index (κ1) is 13.3. The lowest BCUT2D eigenvalue weighted by Crippen LogP contribution is -2.39. The van der Waals surface area contributed by atoms with Crippen LogP contribution in [0.5, 0.6) is 0 Å². The topological polar surface area (TPSA) is 35.1 Å². The van der Waals surface area contributed by atoms with Gasteiger partial charge in [-0.1, -0.05) is 13.8 Å². The summed E-state index contributed by atoms with van der Waals surface area (Å²) in [5.41, 5.74) is 0. The van der Waals surface area contributed by atoms with Gasteiger partial charge in [0, 0.05) is 17.9 Å². The van der Waals surface area contributed by atoms with Crippen molar-refractivity contribution < 1.29 is 4.55 Å². The van der Waals surface area contributed by atoms with E-state index in [0.717, 1.165) is 18.9 Å². The first-order chi connectivity index (χ1) is 5.84. The highest BCUT2D eigenvalue weighted by molar-refractivity contribution is 7.90. The maximum absolute atomic E-state index is 11.5. The normalized spacial score (nSPS) is 15.0. The van der Waals surface area contributed by atoms with Crippen molar-refractivity contribution in [3.63, 3.8) is 0 Å². The third-order valence-electron chi connectivity index (χ3n) is 1.75. The van der Waals surface area contributed by atoms with Crippen LogP contribution in [-0.4, -0.2) is 15.8 Å². The van der Waals surface area contributed by atoms with Gasteiger partial charge in [-0.2, -0.15) is 0 Å². The molecule has 0 saturated carbocycles. The first-order valence-corrected chi connectivity index (χ1v) is 6.14. The van der Waals surface area contributed by atoms with Gasteiger partial charge in [0.05, 0.1) is 0 Å². The largest absolute Gasteiger partial charge is 0.598 e. The lowest BCUT2D eigenvalue weighted by Gasteiger charge is -2.23. The highest BCUT2D eigenvalue weighted by Crippen LogP contribution is 2.13. The average molecular weight is 205 g/mol. The van der Waals surface area contributed by atoms with Gasteiger partial charge in [0.25, 0.3) is 0 Å². The van der Waals surface area contributed by atoms with E-state index in [9.17, 15) is 4.55 Å². The molecule has 80 valence electrons. The third kappa shape index (κ3) is 7.35. The molecular weight excluding hydrogens is 182 g/mol. The molecule has 1 unspecified atom stereocenters. The zero-order valence-corrected chi connectivity index (χ0v) is 10.3. The Kier molecular flexibility index (Phi) is 6.01. The van der Waals surface area contributed by atoms with E-state index in [1.54, 1.807) is 0 Å². The molecule has 2 nitrogen and oxygen atoms in total. The predicted octanol–water partition coefficient (Wildman–Crippen LogP) is 2.47. The number of rotatable bonds is 5. The van der Waals surface area contributed by atoms with Crippen LogP contribution in [0.3, 0.4) is 0 Å². The molecule has 0 aromatic heterocycles. The maximum Gasteiger partial charge on any atom is 0.136 e. The van der Waals surface area contributed by atoms with Crippen molar-refractivity contribution in [3.8, 4) is 0 Å². The van der Waals surface area contributed by atoms with E-state index in [-0.39, 0.29) is 4.75 Å². The molecule has 1 N–H and O–H groups in total. The summed E-state index contributed by atoms with van der Waals surface area (Å²) in [7, 11) is 0. The van der Waals surface area contributed by atoms with Crippen molar-refractivity contribution in [1.29, 1.82) is 0 Å². The predicted molar refractivity (Wildman–Crippen MR) is 60.0 cm³/mol. The van der Waals surface area contributed by atoms with Gasteiger partial charge in [-0.15, -0.1) is 4.72 Å². The van der Waals surface area contributed by atoms with Gasteiger partial charge < -0.3 is 4.55 Å². The van der Waals surface area contributed by atoms with Gasteiger partial charge in [-0.25, -0.2) is 0 Å². The fraction of sp³-hybridized carbons (Fsp3) is 1.00. The van der Waals surface area contributed by atoms with Gasteiger partial charge in [-0.05, 0) is 39.5 Å². The Bertz CT molecular complexity index is 131. The number of hydrogen-bond donors (Lipinski definition) is 1. The highest BCUT2D eigenvalue weighted by Gasteiger charge is 2.25. The summed E-state index contributed by atoms with van der Waals surface area (Å²) in [6, 6.07) is 0. The zero-order valence-electron chi connectivity index (χ0n) is 9.52. The van der Waals surface area contributed by atoms with Gasteiger partial charge in [0.1, 0.15) is 4.75 Å². The maximum atomic E-state index is 11.5. The van der Waals surface area contributed by atoms with E-state index in [2.05, 4.69) is 18.6 Å². The number of hydrogen-bond acceptors (Lipinski definition) is 2. The fourth-order valence-electron chi connectivity index (χ4n) is 0.892. The summed E-state index contributed by atoms with van der Waals surface area (Å²) < 4.78 is 14.4. The second-order valence-electron chi connectivity index (χ2n) is 4.81. The van der Waals surface area contributed by atoms with E-state index in [1.165, 1.54) is 6.42 Å². The van der Waals surface area contributed by atoms with Gasteiger partial charge in [0.15, 0.2) is 0 Å². The molecule has 0 saturated heterocycles. The molecule has 0 spiro atoms. The Morgan fingerprint density at radius 3 is 2.23 bits per heavy atom. The third-order valence-corrected chi connectivity index (χ3v) is 3.33. The Morgan fingerprint density at radius 2 is 1.85 bits per heavy atom. The van der Waals surface area contributed by atoms with Crippen LogP contribution in [-0.2, 0) is 11.4 Å². The van der Waals surface area contributed by atoms with E-state index >= 15 is 0 Å². The van der Waals surface area contributed by atoms with Crippen molar-refractivity contribution >= 4 is 11.4 Å². The molecule has 0 radical (unpaired) electrons. The molecule has 0 heterocycles. The minimum atomic E-state index is -0.902. The smallest absolute Gasteiger partial charge is 0.136 e. The van der Waals surface area contributed by atoms with Crippen LogP contribution < -0.4 is 4.72 Å². The van der Waals surface area contributed by atoms with Crippen LogP contribution in [0.25, 0.3) is 0 Å². The SMILES string of the molecule is CC(C)CCCN[S+]([O-])C(C)(C)C. The molecule has 0 aromatic carbocycles. The highest BCUT2D eigenvalue weighted by atomic mass is 32.2. The fourth-order valence-corrected chi connectivity index (χ4v) is 1.65. The van der Waals surface area contributed by atoms with Crippen LogP contribution in [0.15, 0.2) is 0 Å². The van der Waals surface area contributed by atoms with Crippen molar-refractivity contribution in [3.05, 3.63) is 0 Å². The standard InChI is InChI=1S/C10H23NOS/c1-9(2)7-6-8-11-13(12)10(3,4)5/h9,11H,6-8H2,1-5H3. The van der Waals surface area contributed by atoms with Crippen molar-refractivity contribution in [1.82, 2.24) is 4.72 Å². The van der Waals surface area contributed by atoms with Crippen molar-refractivity contribution in [2.75, 3.05) is 6.54 Å². The molecule has 3 heteroatoms. The Hall–Kier alpha value is 0.270. The van der Waals surface area contributed by atoms with Crippen LogP contribution >= 0.6 is 0 Å². The summed E-state index contributed by atoms with van der Waals surface area (Å²) in [6.45, 7) is 11.2. The first-order valence-electron chi connectivity index (χ1n) is 4.99. The van der Waals surface area contributed by atoms with Crippen molar-refractivity contribution in [2.45, 2.75) is 52.2 Å². The van der Waals surface area contributed by atoms with E-state index < -0.39 is 11.4 Å². The minimum Gasteiger partial charge on any atom is -0.598 e. The minimum absolute atomic E-state index is 0.141. The van der Waals surface area contributed by atoms with Gasteiger partial charge in [-0.3, -0.25) is 0 Å². The van der Waals surface area contributed by atoms with Crippen LogP contribution in [0.1, 0.15) is 47.5 Å². The molecular formula is C10H23NOS. The second-order valence-corrected chi connectivity index (χ2v) is 6.86. The average Bonchev–Trinajstić information content (AvgIpc) is 1.95. The second kappa shape index (κ2) is 5.89. The van der Waals surface area contributed by atoms with Gasteiger partial charge in [0.2, 0.25) is 0 Å². The van der Waals surface area contributed by atoms with Crippen molar-refractivity contribution in [2.24, 2.45) is 5.92 Å². The molecule has 0 aliphatic carbocycles. The quantitative estimate of drug-likeness (QED) is 0.553. The Morgan fingerprint density at radius 1 is 1.31 bits per heavy atom. The summed E-state index contributed by atoms with van der Waals surface area (Å²) in [4.78, 5) is 0. The van der Waals surface area contributed by atoms with Crippen LogP contribution in [0, 0.1) is 5.92 Å². The Balaban J connectivity index is 3.43. The lowest BCUT2D eigenvalue weighted by atomic mass is 10.1. The van der Waals surface area contributed by atoms with E-state index in [4.69, 9.17) is 0 Å². The molecule has 0 aromatic rings. The molecule has 1 atom stereocenters. The molecule has 0 bridgehead atoms. The van der Waals surface area contributed by atoms with E-state index in [1.807, 2.05) is 20.8 Å². The van der Waals surface area contributed by atoms with E-state index in [0.29, 0.717) is 0 Å². The Labute approximate surface area is 85.8 Å². The van der Waals surface area contributed by atoms with Crippen LogP contribution in [0.2, 0.25) is 0 Å².